The van der Waals surface area contributed by atoms with Gasteiger partial charge < -0.3 is 0 Å². The maximum atomic E-state index is 4.02. The van der Waals surface area contributed by atoms with E-state index in [1.165, 1.54) is 70.7 Å². The fraction of sp³-hybridized carbons (Fsp3) is 0.419. The van der Waals surface area contributed by atoms with Crippen LogP contribution in [0.5, 0.6) is 0 Å². The van der Waals surface area contributed by atoms with Crippen molar-refractivity contribution in [3.8, 4) is 11.1 Å². The van der Waals surface area contributed by atoms with E-state index in [0.717, 1.165) is 12.3 Å². The van der Waals surface area contributed by atoms with Gasteiger partial charge in [-0.1, -0.05) is 89.2 Å². The van der Waals surface area contributed by atoms with Gasteiger partial charge >= 0.3 is 0 Å². The van der Waals surface area contributed by atoms with Gasteiger partial charge in [-0.25, -0.2) is 0 Å². The second-order valence-electron chi connectivity index (χ2n) is 10.0. The lowest BCUT2D eigenvalue weighted by Gasteiger charge is -2.37. The van der Waals surface area contributed by atoms with Gasteiger partial charge in [0.2, 0.25) is 0 Å². The number of hydrogen-bond donors (Lipinski definition) is 0. The molecular weight excluding hydrogens is 372 g/mol. The molecular formula is C31H38. The smallest absolute Gasteiger partial charge is 0.0159 e. The quantitative estimate of drug-likeness (QED) is 0.376. The van der Waals surface area contributed by atoms with Crippen molar-refractivity contribution >= 4 is 10.8 Å². The van der Waals surface area contributed by atoms with Crippen LogP contribution in [0.1, 0.15) is 88.5 Å². The molecule has 162 valence electrons. The Morgan fingerprint density at radius 1 is 0.935 bits per heavy atom. The maximum Gasteiger partial charge on any atom is 0.0159 e. The molecule has 31 heavy (non-hydrogen) atoms. The van der Waals surface area contributed by atoms with Gasteiger partial charge in [0.25, 0.3) is 0 Å². The van der Waals surface area contributed by atoms with Gasteiger partial charge in [0, 0.05) is 5.41 Å². The summed E-state index contributed by atoms with van der Waals surface area (Å²) in [6.45, 7) is 11.1. The molecule has 1 fully saturated rings. The predicted molar refractivity (Wildman–Crippen MR) is 137 cm³/mol. The first-order valence-electron chi connectivity index (χ1n) is 11.9. The van der Waals surface area contributed by atoms with Gasteiger partial charge in [-0.3, -0.25) is 0 Å². The highest BCUT2D eigenvalue weighted by Gasteiger charge is 2.34. The summed E-state index contributed by atoms with van der Waals surface area (Å²) in [6, 6.07) is 19.1. The second kappa shape index (κ2) is 8.30. The van der Waals surface area contributed by atoms with Crippen LogP contribution in [-0.2, 0) is 11.8 Å². The van der Waals surface area contributed by atoms with E-state index in [4.69, 9.17) is 0 Å². The van der Waals surface area contributed by atoms with Crippen molar-refractivity contribution in [2.45, 2.75) is 78.1 Å². The summed E-state index contributed by atoms with van der Waals surface area (Å²) in [6.07, 6.45) is 9.67. The number of fused-ring (bicyclic) bond motifs is 2. The van der Waals surface area contributed by atoms with Gasteiger partial charge in [0.05, 0.1) is 0 Å². The Labute approximate surface area is 189 Å². The zero-order valence-electron chi connectivity index (χ0n) is 18.8. The molecule has 3 aromatic rings. The summed E-state index contributed by atoms with van der Waals surface area (Å²) in [4.78, 5) is 0. The summed E-state index contributed by atoms with van der Waals surface area (Å²) in [5.74, 6) is 1.42. The predicted octanol–water partition coefficient (Wildman–Crippen LogP) is 9.19. The zero-order chi connectivity index (χ0) is 20.9. The zero-order valence-corrected chi connectivity index (χ0v) is 18.8. The molecule has 0 N–H and O–H groups in total. The van der Waals surface area contributed by atoms with E-state index < -0.39 is 0 Å². The Bertz CT molecular complexity index is 1110. The van der Waals surface area contributed by atoms with Crippen molar-refractivity contribution in [2.24, 2.45) is 5.92 Å². The molecule has 5 rings (SSSR count). The number of benzene rings is 3. The van der Waals surface area contributed by atoms with E-state index in [1.54, 1.807) is 5.56 Å². The molecule has 0 saturated heterocycles. The lowest BCUT2D eigenvalue weighted by atomic mass is 9.67. The number of allylic oxidation sites excluding steroid dienone is 1. The molecule has 2 aliphatic carbocycles. The lowest BCUT2D eigenvalue weighted by Crippen LogP contribution is -2.24. The Morgan fingerprint density at radius 2 is 1.68 bits per heavy atom. The molecule has 0 unspecified atom stereocenters. The van der Waals surface area contributed by atoms with Crippen LogP contribution in [-0.4, -0.2) is 0 Å². The van der Waals surface area contributed by atoms with Crippen LogP contribution >= 0.6 is 0 Å². The minimum atomic E-state index is 0. The highest BCUT2D eigenvalue weighted by atomic mass is 14.4. The van der Waals surface area contributed by atoms with Crippen LogP contribution in [0.2, 0.25) is 0 Å². The molecule has 2 aliphatic rings. The van der Waals surface area contributed by atoms with Crippen LogP contribution < -0.4 is 0 Å². The van der Waals surface area contributed by atoms with E-state index in [9.17, 15) is 0 Å². The van der Waals surface area contributed by atoms with Crippen molar-refractivity contribution in [1.29, 1.82) is 0 Å². The van der Waals surface area contributed by atoms with E-state index in [1.807, 2.05) is 0 Å². The third-order valence-electron chi connectivity index (χ3n) is 7.91. The van der Waals surface area contributed by atoms with Crippen LogP contribution in [0.15, 0.2) is 61.2 Å². The van der Waals surface area contributed by atoms with Crippen LogP contribution in [0.3, 0.4) is 0 Å². The molecule has 0 radical (unpaired) electrons. The SMILES string of the molecule is C.C=CC1CCC(c2ccc3c(c2)C(C)(C)c2cccc4c(CCC)ccc-3c24)CC1. The molecule has 0 amide bonds. The second-order valence-corrected chi connectivity index (χ2v) is 10.0. The minimum absolute atomic E-state index is 0. The van der Waals surface area contributed by atoms with Crippen LogP contribution in [0, 0.1) is 5.92 Å². The van der Waals surface area contributed by atoms with Crippen molar-refractivity contribution in [3.05, 3.63) is 83.4 Å². The van der Waals surface area contributed by atoms with Crippen molar-refractivity contribution in [2.75, 3.05) is 0 Å². The highest BCUT2D eigenvalue weighted by Crippen LogP contribution is 2.50. The molecule has 0 aromatic heterocycles. The largest absolute Gasteiger partial charge is 0.103 e. The van der Waals surface area contributed by atoms with Crippen LogP contribution in [0.4, 0.5) is 0 Å². The molecule has 0 heteroatoms. The molecule has 1 saturated carbocycles. The molecule has 0 nitrogen and oxygen atoms in total. The van der Waals surface area contributed by atoms with Gasteiger partial charge in [-0.15, -0.1) is 6.58 Å². The Balaban J connectivity index is 0.00000231. The Morgan fingerprint density at radius 3 is 2.39 bits per heavy atom. The van der Waals surface area contributed by atoms with Gasteiger partial charge in [-0.2, -0.15) is 0 Å². The average molecular weight is 411 g/mol. The fourth-order valence-electron chi connectivity index (χ4n) is 6.10. The van der Waals surface area contributed by atoms with Gasteiger partial charge in [0.1, 0.15) is 0 Å². The summed E-state index contributed by atoms with van der Waals surface area (Å²) < 4.78 is 0. The normalized spacial score (nSPS) is 21.3. The number of aryl methyl sites for hydroxylation is 1. The first-order chi connectivity index (χ1) is 14.5. The van der Waals surface area contributed by atoms with E-state index in [0.29, 0.717) is 5.92 Å². The summed E-state index contributed by atoms with van der Waals surface area (Å²) >= 11 is 0. The van der Waals surface area contributed by atoms with Gasteiger partial charge in [-0.05, 0) is 88.1 Å². The first kappa shape index (κ1) is 21.9. The number of rotatable bonds is 4. The third-order valence-corrected chi connectivity index (χ3v) is 7.91. The summed E-state index contributed by atoms with van der Waals surface area (Å²) in [7, 11) is 0. The van der Waals surface area contributed by atoms with Crippen molar-refractivity contribution in [1.82, 2.24) is 0 Å². The molecule has 0 heterocycles. The lowest BCUT2D eigenvalue weighted by molar-refractivity contribution is 0.376. The molecule has 0 atom stereocenters. The van der Waals surface area contributed by atoms with E-state index >= 15 is 0 Å². The third kappa shape index (κ3) is 3.45. The average Bonchev–Trinajstić information content (AvgIpc) is 2.78. The van der Waals surface area contributed by atoms with Crippen LogP contribution in [0.25, 0.3) is 21.9 Å². The van der Waals surface area contributed by atoms with Gasteiger partial charge in [0.15, 0.2) is 0 Å². The molecule has 0 aliphatic heterocycles. The Hall–Kier alpha value is -2.34. The summed E-state index contributed by atoms with van der Waals surface area (Å²) in [5.41, 5.74) is 8.94. The van der Waals surface area contributed by atoms with Crippen molar-refractivity contribution < 1.29 is 0 Å². The minimum Gasteiger partial charge on any atom is -0.103 e. The maximum absolute atomic E-state index is 4.02. The van der Waals surface area contributed by atoms with E-state index in [-0.39, 0.29) is 12.8 Å². The van der Waals surface area contributed by atoms with E-state index in [2.05, 4.69) is 82.0 Å². The molecule has 0 spiro atoms. The fourth-order valence-corrected chi connectivity index (χ4v) is 6.10. The topological polar surface area (TPSA) is 0 Å². The number of hydrogen-bond acceptors (Lipinski definition) is 0. The monoisotopic (exact) mass is 410 g/mol. The van der Waals surface area contributed by atoms with Crippen molar-refractivity contribution in [3.63, 3.8) is 0 Å². The Kier molecular flexibility index (Phi) is 5.86. The standard InChI is InChI=1S/C30H34.CH4/c1-5-8-22-15-18-26-25-17-16-23(21-13-11-20(6-2)12-14-21)19-28(25)30(3,4)27-10-7-9-24(22)29(26)27;/h6-7,9-10,15-21H,2,5,8,11-14H2,1,3-4H3;1H4. The molecule has 3 aromatic carbocycles. The highest BCUT2D eigenvalue weighted by molar-refractivity contribution is 6.04. The summed E-state index contributed by atoms with van der Waals surface area (Å²) in [5, 5.41) is 2.94. The molecule has 0 bridgehead atoms. The first-order valence-corrected chi connectivity index (χ1v) is 11.9.